The maximum absolute atomic E-state index is 12.1. The van der Waals surface area contributed by atoms with E-state index in [2.05, 4.69) is 9.72 Å². The molecule has 2 rings (SSSR count). The first kappa shape index (κ1) is 12.9. The predicted molar refractivity (Wildman–Crippen MR) is 63.3 cm³/mol. The van der Waals surface area contributed by atoms with Crippen LogP contribution in [0.5, 0.6) is 5.75 Å². The van der Waals surface area contributed by atoms with Gasteiger partial charge >= 0.3 is 12.6 Å². The molecule has 4 nitrogen and oxygen atoms in total. The summed E-state index contributed by atoms with van der Waals surface area (Å²) in [5.74, 6) is -1.14. The van der Waals surface area contributed by atoms with E-state index in [4.69, 9.17) is 5.11 Å². The standard InChI is InChI=1S/C13H9F2NO3/c14-13(15)19-11-5-10(6-16-7-11)8-2-1-3-9(4-8)12(17)18/h1-7,13H,(H,17,18). The third kappa shape index (κ3) is 3.25. The number of carbonyl (C=O) groups is 1. The largest absolute Gasteiger partial charge is 0.478 e. The fourth-order valence-electron chi connectivity index (χ4n) is 1.58. The maximum atomic E-state index is 12.1. The molecule has 0 saturated carbocycles. The first-order chi connectivity index (χ1) is 9.06. The molecular formula is C13H9F2NO3. The lowest BCUT2D eigenvalue weighted by Crippen LogP contribution is -2.02. The molecule has 0 atom stereocenters. The van der Waals surface area contributed by atoms with Crippen LogP contribution in [-0.4, -0.2) is 22.7 Å². The minimum atomic E-state index is -2.93. The number of nitrogens with zero attached hydrogens (tertiary/aromatic N) is 1. The van der Waals surface area contributed by atoms with Crippen LogP contribution in [0.25, 0.3) is 11.1 Å². The van der Waals surface area contributed by atoms with Gasteiger partial charge in [-0.3, -0.25) is 4.98 Å². The van der Waals surface area contributed by atoms with Crippen LogP contribution in [-0.2, 0) is 0 Å². The second-order valence-electron chi connectivity index (χ2n) is 3.67. The lowest BCUT2D eigenvalue weighted by Gasteiger charge is -2.06. The van der Waals surface area contributed by atoms with E-state index in [1.165, 1.54) is 24.4 Å². The van der Waals surface area contributed by atoms with Crippen molar-refractivity contribution in [3.63, 3.8) is 0 Å². The normalized spacial score (nSPS) is 10.5. The number of hydrogen-bond donors (Lipinski definition) is 1. The number of carboxylic acid groups (broad SMARTS) is 1. The fraction of sp³-hybridized carbons (Fsp3) is 0.0769. The van der Waals surface area contributed by atoms with Gasteiger partial charge in [0.15, 0.2) is 0 Å². The molecule has 0 spiro atoms. The zero-order chi connectivity index (χ0) is 13.8. The molecule has 1 N–H and O–H groups in total. The van der Waals surface area contributed by atoms with Gasteiger partial charge in [-0.05, 0) is 23.8 Å². The van der Waals surface area contributed by atoms with Gasteiger partial charge < -0.3 is 9.84 Å². The summed E-state index contributed by atoms with van der Waals surface area (Å²) in [6, 6.07) is 7.49. The molecule has 1 aromatic heterocycles. The zero-order valence-electron chi connectivity index (χ0n) is 9.59. The monoisotopic (exact) mass is 265 g/mol. The third-order valence-corrected chi connectivity index (χ3v) is 2.38. The highest BCUT2D eigenvalue weighted by Gasteiger charge is 2.08. The average molecular weight is 265 g/mol. The highest BCUT2D eigenvalue weighted by molar-refractivity contribution is 5.89. The van der Waals surface area contributed by atoms with Gasteiger partial charge in [0.05, 0.1) is 11.8 Å². The Morgan fingerprint density at radius 2 is 2.00 bits per heavy atom. The number of pyridine rings is 1. The van der Waals surface area contributed by atoms with Crippen LogP contribution >= 0.6 is 0 Å². The Hall–Kier alpha value is -2.50. The van der Waals surface area contributed by atoms with E-state index in [0.717, 1.165) is 6.20 Å². The Kier molecular flexibility index (Phi) is 3.70. The van der Waals surface area contributed by atoms with E-state index >= 15 is 0 Å². The van der Waals surface area contributed by atoms with Gasteiger partial charge in [-0.2, -0.15) is 8.78 Å². The van der Waals surface area contributed by atoms with Gasteiger partial charge in [-0.25, -0.2) is 4.79 Å². The van der Waals surface area contributed by atoms with Crippen molar-refractivity contribution in [1.82, 2.24) is 4.98 Å². The molecule has 0 saturated heterocycles. The van der Waals surface area contributed by atoms with Crippen molar-refractivity contribution in [2.75, 3.05) is 0 Å². The van der Waals surface area contributed by atoms with Crippen LogP contribution < -0.4 is 4.74 Å². The second-order valence-corrected chi connectivity index (χ2v) is 3.67. The summed E-state index contributed by atoms with van der Waals surface area (Å²) in [7, 11) is 0. The van der Waals surface area contributed by atoms with Crippen LogP contribution in [0.4, 0.5) is 8.78 Å². The van der Waals surface area contributed by atoms with Crippen molar-refractivity contribution < 1.29 is 23.4 Å². The second kappa shape index (κ2) is 5.43. The molecular weight excluding hydrogens is 256 g/mol. The molecule has 0 aliphatic heterocycles. The van der Waals surface area contributed by atoms with Crippen LogP contribution in [0.2, 0.25) is 0 Å². The molecule has 0 fully saturated rings. The number of alkyl halides is 2. The van der Waals surface area contributed by atoms with Crippen molar-refractivity contribution in [3.05, 3.63) is 48.3 Å². The van der Waals surface area contributed by atoms with E-state index in [1.54, 1.807) is 12.1 Å². The number of halogens is 2. The Morgan fingerprint density at radius 1 is 1.21 bits per heavy atom. The molecule has 0 bridgehead atoms. The first-order valence-electron chi connectivity index (χ1n) is 5.30. The molecule has 1 heterocycles. The van der Waals surface area contributed by atoms with Gasteiger partial charge in [-0.1, -0.05) is 12.1 Å². The van der Waals surface area contributed by atoms with E-state index in [9.17, 15) is 13.6 Å². The van der Waals surface area contributed by atoms with Gasteiger partial charge in [0.25, 0.3) is 0 Å². The number of rotatable bonds is 4. The third-order valence-electron chi connectivity index (χ3n) is 2.38. The molecule has 0 radical (unpaired) electrons. The average Bonchev–Trinajstić information content (AvgIpc) is 2.38. The van der Waals surface area contributed by atoms with Crippen molar-refractivity contribution in [1.29, 1.82) is 0 Å². The van der Waals surface area contributed by atoms with Crippen LogP contribution in [0.3, 0.4) is 0 Å². The lowest BCUT2D eigenvalue weighted by atomic mass is 10.0. The number of benzene rings is 1. The topological polar surface area (TPSA) is 59.4 Å². The molecule has 0 aliphatic carbocycles. The van der Waals surface area contributed by atoms with Crippen LogP contribution in [0.15, 0.2) is 42.7 Å². The molecule has 0 aliphatic rings. The predicted octanol–water partition coefficient (Wildman–Crippen LogP) is 3.05. The molecule has 1 aromatic carbocycles. The Bertz CT molecular complexity index is 602. The summed E-state index contributed by atoms with van der Waals surface area (Å²) in [4.78, 5) is 14.6. The van der Waals surface area contributed by atoms with Crippen LogP contribution in [0.1, 0.15) is 10.4 Å². The summed E-state index contributed by atoms with van der Waals surface area (Å²) in [6.45, 7) is -2.93. The Morgan fingerprint density at radius 3 is 2.68 bits per heavy atom. The number of carboxylic acids is 1. The van der Waals surface area contributed by atoms with Gasteiger partial charge in [0, 0.05) is 11.8 Å². The maximum Gasteiger partial charge on any atom is 0.387 e. The summed E-state index contributed by atoms with van der Waals surface area (Å²) < 4.78 is 28.4. The molecule has 98 valence electrons. The number of aromatic carboxylic acids is 1. The molecule has 0 amide bonds. The zero-order valence-corrected chi connectivity index (χ0v) is 9.59. The highest BCUT2D eigenvalue weighted by Crippen LogP contribution is 2.24. The van der Waals surface area contributed by atoms with Crippen molar-refractivity contribution >= 4 is 5.97 Å². The molecule has 2 aromatic rings. The Labute approximate surface area is 107 Å². The summed E-state index contributed by atoms with van der Waals surface area (Å²) in [5.41, 5.74) is 1.17. The smallest absolute Gasteiger partial charge is 0.387 e. The van der Waals surface area contributed by atoms with Crippen LogP contribution in [0, 0.1) is 0 Å². The minimum absolute atomic E-state index is 0.0757. The number of ether oxygens (including phenoxy) is 1. The number of aromatic nitrogens is 1. The van der Waals surface area contributed by atoms with Gasteiger partial charge in [0.1, 0.15) is 5.75 Å². The number of hydrogen-bond acceptors (Lipinski definition) is 3. The highest BCUT2D eigenvalue weighted by atomic mass is 19.3. The fourth-order valence-corrected chi connectivity index (χ4v) is 1.58. The minimum Gasteiger partial charge on any atom is -0.478 e. The van der Waals surface area contributed by atoms with Crippen molar-refractivity contribution in [3.8, 4) is 16.9 Å². The van der Waals surface area contributed by atoms with Gasteiger partial charge in [0.2, 0.25) is 0 Å². The van der Waals surface area contributed by atoms with Crippen molar-refractivity contribution in [2.24, 2.45) is 0 Å². The molecule has 19 heavy (non-hydrogen) atoms. The van der Waals surface area contributed by atoms with E-state index in [1.807, 2.05) is 0 Å². The SMILES string of the molecule is O=C(O)c1cccc(-c2cncc(OC(F)F)c2)c1. The quantitative estimate of drug-likeness (QED) is 0.923. The van der Waals surface area contributed by atoms with E-state index in [-0.39, 0.29) is 11.3 Å². The molecule has 0 unspecified atom stereocenters. The summed E-state index contributed by atoms with van der Waals surface area (Å²) in [6.07, 6.45) is 2.61. The van der Waals surface area contributed by atoms with E-state index < -0.39 is 12.6 Å². The summed E-state index contributed by atoms with van der Waals surface area (Å²) in [5, 5.41) is 8.89. The van der Waals surface area contributed by atoms with Crippen molar-refractivity contribution in [2.45, 2.75) is 6.61 Å². The molecule has 6 heteroatoms. The first-order valence-corrected chi connectivity index (χ1v) is 5.30. The summed E-state index contributed by atoms with van der Waals surface area (Å²) >= 11 is 0. The lowest BCUT2D eigenvalue weighted by molar-refractivity contribution is -0.0500. The Balaban J connectivity index is 2.36. The van der Waals surface area contributed by atoms with Gasteiger partial charge in [-0.15, -0.1) is 0 Å². The van der Waals surface area contributed by atoms with E-state index in [0.29, 0.717) is 11.1 Å².